The molecule has 3 fully saturated rings. The Hall–Kier alpha value is -0.650. The number of carbonyl (C=O) groups excluding carboxylic acids is 1. The van der Waals surface area contributed by atoms with E-state index < -0.39 is 0 Å². The number of amides is 1. The minimum absolute atomic E-state index is 0.140. The summed E-state index contributed by atoms with van der Waals surface area (Å²) >= 11 is 0. The summed E-state index contributed by atoms with van der Waals surface area (Å²) in [6.45, 7) is 6.13. The van der Waals surface area contributed by atoms with Gasteiger partial charge in [0, 0.05) is 25.7 Å². The molecule has 132 valence electrons. The molecule has 0 aromatic heterocycles. The molecule has 0 aromatic carbocycles. The molecule has 23 heavy (non-hydrogen) atoms. The lowest BCUT2D eigenvalue weighted by molar-refractivity contribution is -0.147. The fraction of sp³-hybridized carbons (Fsp3) is 0.944. The minimum Gasteiger partial charge on any atom is -0.376 e. The van der Waals surface area contributed by atoms with Crippen LogP contribution in [0.15, 0.2) is 0 Å². The van der Waals surface area contributed by atoms with E-state index in [9.17, 15) is 4.79 Å². The van der Waals surface area contributed by atoms with E-state index in [1.54, 1.807) is 0 Å². The van der Waals surface area contributed by atoms with Gasteiger partial charge in [-0.15, -0.1) is 0 Å². The predicted octanol–water partition coefficient (Wildman–Crippen LogP) is 1.95. The van der Waals surface area contributed by atoms with Crippen LogP contribution in [0.4, 0.5) is 0 Å². The molecular weight excluding hydrogens is 292 g/mol. The number of hydrogen-bond acceptors (Lipinski definition) is 4. The second-order valence-corrected chi connectivity index (χ2v) is 7.42. The number of piperidine rings is 1. The Balaban J connectivity index is 1.32. The largest absolute Gasteiger partial charge is 0.376 e. The molecule has 5 heteroatoms. The van der Waals surface area contributed by atoms with Crippen LogP contribution in [0.2, 0.25) is 0 Å². The molecule has 0 spiro atoms. The summed E-state index contributed by atoms with van der Waals surface area (Å²) in [5.74, 6) is 1.06. The van der Waals surface area contributed by atoms with E-state index in [0.717, 1.165) is 51.3 Å². The average Bonchev–Trinajstić information content (AvgIpc) is 3.43. The van der Waals surface area contributed by atoms with E-state index >= 15 is 0 Å². The zero-order valence-corrected chi connectivity index (χ0v) is 14.5. The van der Waals surface area contributed by atoms with Gasteiger partial charge < -0.3 is 19.7 Å². The monoisotopic (exact) mass is 324 g/mol. The first-order valence-electron chi connectivity index (χ1n) is 9.47. The zero-order chi connectivity index (χ0) is 16.1. The third-order valence-electron chi connectivity index (χ3n) is 5.35. The summed E-state index contributed by atoms with van der Waals surface area (Å²) in [6.07, 6.45) is 8.15. The Labute approximate surface area is 140 Å². The highest BCUT2D eigenvalue weighted by Gasteiger charge is 2.28. The lowest BCUT2D eigenvalue weighted by atomic mass is 10.0. The summed E-state index contributed by atoms with van der Waals surface area (Å²) in [7, 11) is 0. The van der Waals surface area contributed by atoms with Crippen LogP contribution in [-0.4, -0.2) is 61.9 Å². The summed E-state index contributed by atoms with van der Waals surface area (Å²) in [4.78, 5) is 14.5. The Morgan fingerprint density at radius 2 is 2.00 bits per heavy atom. The normalized spacial score (nSPS) is 27.9. The molecule has 1 aliphatic carbocycles. The van der Waals surface area contributed by atoms with Gasteiger partial charge in [0.2, 0.25) is 0 Å². The highest BCUT2D eigenvalue weighted by Crippen LogP contribution is 2.28. The number of likely N-dealkylation sites (tertiary alicyclic amines) is 1. The van der Waals surface area contributed by atoms with Crippen molar-refractivity contribution in [3.8, 4) is 0 Å². The molecule has 0 radical (unpaired) electrons. The van der Waals surface area contributed by atoms with Crippen LogP contribution >= 0.6 is 0 Å². The van der Waals surface area contributed by atoms with E-state index in [4.69, 9.17) is 9.47 Å². The maximum Gasteiger partial charge on any atom is 0.251 e. The highest BCUT2D eigenvalue weighted by molar-refractivity contribution is 5.80. The van der Waals surface area contributed by atoms with Gasteiger partial charge in [0.05, 0.1) is 12.7 Å². The second kappa shape index (κ2) is 8.45. The summed E-state index contributed by atoms with van der Waals surface area (Å²) in [5.41, 5.74) is 0. The molecule has 1 amide bonds. The van der Waals surface area contributed by atoms with Crippen molar-refractivity contribution >= 4 is 5.91 Å². The number of hydrogen-bond donors (Lipinski definition) is 1. The fourth-order valence-electron chi connectivity index (χ4n) is 3.48. The van der Waals surface area contributed by atoms with Crippen molar-refractivity contribution < 1.29 is 14.3 Å². The van der Waals surface area contributed by atoms with Crippen molar-refractivity contribution in [3.63, 3.8) is 0 Å². The van der Waals surface area contributed by atoms with Crippen LogP contribution in [0.5, 0.6) is 0 Å². The van der Waals surface area contributed by atoms with Gasteiger partial charge in [-0.2, -0.15) is 0 Å². The molecule has 2 unspecified atom stereocenters. The molecule has 1 saturated carbocycles. The van der Waals surface area contributed by atoms with Gasteiger partial charge in [0.25, 0.3) is 5.91 Å². The molecule has 3 aliphatic rings. The number of nitrogens with zero attached hydrogens (tertiary/aromatic N) is 1. The molecule has 5 nitrogen and oxygen atoms in total. The number of rotatable bonds is 7. The predicted molar refractivity (Wildman–Crippen MR) is 89.3 cm³/mol. The Morgan fingerprint density at radius 3 is 2.65 bits per heavy atom. The van der Waals surface area contributed by atoms with Crippen molar-refractivity contribution in [2.75, 3.05) is 32.8 Å². The molecule has 0 aromatic rings. The van der Waals surface area contributed by atoms with Crippen molar-refractivity contribution in [2.24, 2.45) is 5.92 Å². The third-order valence-corrected chi connectivity index (χ3v) is 5.35. The summed E-state index contributed by atoms with van der Waals surface area (Å²) in [6, 6.07) is 0.589. The number of carbonyl (C=O) groups is 1. The molecular formula is C18H32N2O3. The molecule has 0 bridgehead atoms. The SMILES string of the molecule is CC(OCC1CCCCO1)C(=O)N1CCC(NCC2CC2)CC1. The first-order valence-corrected chi connectivity index (χ1v) is 9.47. The Kier molecular flexibility index (Phi) is 6.31. The molecule has 2 saturated heterocycles. The Morgan fingerprint density at radius 1 is 1.22 bits per heavy atom. The van der Waals surface area contributed by atoms with Crippen molar-refractivity contribution in [3.05, 3.63) is 0 Å². The van der Waals surface area contributed by atoms with Crippen molar-refractivity contribution in [2.45, 2.75) is 70.1 Å². The molecule has 3 rings (SSSR count). The topological polar surface area (TPSA) is 50.8 Å². The third kappa shape index (κ3) is 5.44. The van der Waals surface area contributed by atoms with E-state index in [1.165, 1.54) is 25.8 Å². The van der Waals surface area contributed by atoms with Gasteiger partial charge in [-0.05, 0) is 64.3 Å². The fourth-order valence-corrected chi connectivity index (χ4v) is 3.48. The maximum absolute atomic E-state index is 12.5. The van der Waals surface area contributed by atoms with Gasteiger partial charge in [-0.1, -0.05) is 0 Å². The summed E-state index contributed by atoms with van der Waals surface area (Å²) in [5, 5.41) is 3.65. The van der Waals surface area contributed by atoms with Crippen LogP contribution in [0, 0.1) is 5.92 Å². The first kappa shape index (κ1) is 17.2. The van der Waals surface area contributed by atoms with Gasteiger partial charge in [-0.25, -0.2) is 0 Å². The van der Waals surface area contributed by atoms with Gasteiger partial charge >= 0.3 is 0 Å². The molecule has 1 N–H and O–H groups in total. The average molecular weight is 324 g/mol. The maximum atomic E-state index is 12.5. The van der Waals surface area contributed by atoms with Crippen LogP contribution in [0.1, 0.15) is 51.9 Å². The lowest BCUT2D eigenvalue weighted by Gasteiger charge is -2.34. The molecule has 2 atom stereocenters. The van der Waals surface area contributed by atoms with E-state index in [1.807, 2.05) is 11.8 Å². The van der Waals surface area contributed by atoms with E-state index in [2.05, 4.69) is 5.32 Å². The Bertz CT molecular complexity index is 372. The van der Waals surface area contributed by atoms with Crippen LogP contribution < -0.4 is 5.32 Å². The standard InChI is InChI=1S/C18H32N2O3/c1-14(23-13-17-4-2-3-11-22-17)18(21)20-9-7-16(8-10-20)19-12-15-5-6-15/h14-17,19H,2-13H2,1H3. The number of nitrogens with one attached hydrogen (secondary N) is 1. The smallest absolute Gasteiger partial charge is 0.251 e. The van der Waals surface area contributed by atoms with Gasteiger partial charge in [0.1, 0.15) is 6.10 Å². The quantitative estimate of drug-likeness (QED) is 0.778. The van der Waals surface area contributed by atoms with Crippen molar-refractivity contribution in [1.29, 1.82) is 0 Å². The second-order valence-electron chi connectivity index (χ2n) is 7.42. The van der Waals surface area contributed by atoms with Gasteiger partial charge in [-0.3, -0.25) is 4.79 Å². The minimum atomic E-state index is -0.350. The lowest BCUT2D eigenvalue weighted by Crippen LogP contribution is -2.48. The van der Waals surface area contributed by atoms with Crippen LogP contribution in [0.3, 0.4) is 0 Å². The van der Waals surface area contributed by atoms with Crippen LogP contribution in [-0.2, 0) is 14.3 Å². The molecule has 2 heterocycles. The van der Waals surface area contributed by atoms with Gasteiger partial charge in [0.15, 0.2) is 0 Å². The summed E-state index contributed by atoms with van der Waals surface area (Å²) < 4.78 is 11.4. The van der Waals surface area contributed by atoms with Crippen molar-refractivity contribution in [1.82, 2.24) is 10.2 Å². The van der Waals surface area contributed by atoms with E-state index in [0.29, 0.717) is 12.6 Å². The van der Waals surface area contributed by atoms with E-state index in [-0.39, 0.29) is 18.1 Å². The zero-order valence-electron chi connectivity index (χ0n) is 14.5. The number of ether oxygens (including phenoxy) is 2. The highest BCUT2D eigenvalue weighted by atomic mass is 16.5. The first-order chi connectivity index (χ1) is 11.2. The van der Waals surface area contributed by atoms with Crippen LogP contribution in [0.25, 0.3) is 0 Å². The molecule has 2 aliphatic heterocycles.